The third-order valence-corrected chi connectivity index (χ3v) is 5.49. The van der Waals surface area contributed by atoms with E-state index in [0.717, 1.165) is 20.9 Å². The predicted octanol–water partition coefficient (Wildman–Crippen LogP) is 2.21. The summed E-state index contributed by atoms with van der Waals surface area (Å²) < 4.78 is 45.2. The fourth-order valence-electron chi connectivity index (χ4n) is 2.99. The van der Waals surface area contributed by atoms with Crippen molar-refractivity contribution in [1.82, 2.24) is 23.7 Å². The molecule has 0 aliphatic carbocycles. The van der Waals surface area contributed by atoms with Crippen LogP contribution in [0.2, 0.25) is 5.02 Å². The Hall–Kier alpha value is -3.05. The molecule has 4 aromatic rings. The molecule has 149 valence electrons. The number of hydrogen-bond donors (Lipinski definition) is 0. The van der Waals surface area contributed by atoms with Crippen molar-refractivity contribution in [2.75, 3.05) is 6.26 Å². The standard InChI is InChI=1S/C17H12ClFN5O4S/c1-3-13-21-15-14(24(13)29(2,26)27)10(6-7-20-15)16-22-28-17(25)23(16)9-4-5-12(19)11(18)8-9/h4-8H,1,3H2,2H3. The van der Waals surface area contributed by atoms with Crippen LogP contribution in [0.1, 0.15) is 5.82 Å². The average Bonchev–Trinajstić information content (AvgIpc) is 3.24. The lowest BCUT2D eigenvalue weighted by molar-refractivity contribution is 0.383. The van der Waals surface area contributed by atoms with Crippen molar-refractivity contribution in [3.05, 3.63) is 64.6 Å². The number of halogens is 2. The molecule has 9 nitrogen and oxygen atoms in total. The Labute approximate surface area is 168 Å². The molecule has 0 spiro atoms. The van der Waals surface area contributed by atoms with Gasteiger partial charge in [0.05, 0.1) is 22.5 Å². The zero-order chi connectivity index (χ0) is 20.9. The average molecular weight is 437 g/mol. The molecule has 3 aromatic heterocycles. The molecule has 29 heavy (non-hydrogen) atoms. The molecule has 0 saturated heterocycles. The van der Waals surface area contributed by atoms with E-state index in [1.165, 1.54) is 24.4 Å². The summed E-state index contributed by atoms with van der Waals surface area (Å²) in [5.74, 6) is -1.38. The molecule has 1 aromatic carbocycles. The molecule has 0 saturated carbocycles. The quantitative estimate of drug-likeness (QED) is 0.482. The van der Waals surface area contributed by atoms with Gasteiger partial charge in [-0.1, -0.05) is 16.8 Å². The number of rotatable bonds is 4. The van der Waals surface area contributed by atoms with Crippen LogP contribution in [-0.2, 0) is 16.4 Å². The first-order valence-corrected chi connectivity index (χ1v) is 10.4. The first kappa shape index (κ1) is 19.3. The molecule has 0 unspecified atom stereocenters. The number of benzene rings is 1. The normalized spacial score (nSPS) is 12.0. The van der Waals surface area contributed by atoms with Gasteiger partial charge >= 0.3 is 5.76 Å². The summed E-state index contributed by atoms with van der Waals surface area (Å²) >= 11 is 5.83. The molecule has 0 fully saturated rings. The van der Waals surface area contributed by atoms with E-state index >= 15 is 0 Å². The van der Waals surface area contributed by atoms with Crippen molar-refractivity contribution in [1.29, 1.82) is 0 Å². The predicted molar refractivity (Wildman–Crippen MR) is 103 cm³/mol. The Morgan fingerprint density at radius 2 is 2.07 bits per heavy atom. The van der Waals surface area contributed by atoms with Crippen LogP contribution in [0.4, 0.5) is 4.39 Å². The van der Waals surface area contributed by atoms with E-state index in [1.54, 1.807) is 0 Å². The minimum Gasteiger partial charge on any atom is -0.295 e. The lowest BCUT2D eigenvalue weighted by atomic mass is 10.2. The molecule has 0 aliphatic rings. The number of fused-ring (bicyclic) bond motifs is 1. The fourth-order valence-corrected chi connectivity index (χ4v) is 4.19. The third kappa shape index (κ3) is 3.12. The summed E-state index contributed by atoms with van der Waals surface area (Å²) in [5.41, 5.74) is 0.652. The maximum Gasteiger partial charge on any atom is 0.446 e. The largest absolute Gasteiger partial charge is 0.446 e. The van der Waals surface area contributed by atoms with Crippen LogP contribution in [0.25, 0.3) is 28.2 Å². The van der Waals surface area contributed by atoms with Gasteiger partial charge in [-0.15, -0.1) is 0 Å². The highest BCUT2D eigenvalue weighted by molar-refractivity contribution is 7.89. The minimum atomic E-state index is -3.78. The Morgan fingerprint density at radius 1 is 1.31 bits per heavy atom. The Morgan fingerprint density at radius 3 is 2.72 bits per heavy atom. The van der Waals surface area contributed by atoms with Crippen LogP contribution in [0.15, 0.2) is 39.8 Å². The van der Waals surface area contributed by atoms with Crippen molar-refractivity contribution < 1.29 is 17.3 Å². The highest BCUT2D eigenvalue weighted by Gasteiger charge is 2.25. The molecular formula is C17H12ClFN5O4S. The first-order chi connectivity index (χ1) is 13.7. The zero-order valence-corrected chi connectivity index (χ0v) is 16.4. The summed E-state index contributed by atoms with van der Waals surface area (Å²) in [5, 5.41) is 3.58. The van der Waals surface area contributed by atoms with Gasteiger partial charge in [0.1, 0.15) is 17.2 Å². The Kier molecular flexibility index (Phi) is 4.50. The van der Waals surface area contributed by atoms with Gasteiger partial charge in [0.15, 0.2) is 11.5 Å². The van der Waals surface area contributed by atoms with Gasteiger partial charge in [0.25, 0.3) is 0 Å². The van der Waals surface area contributed by atoms with Crippen LogP contribution in [0, 0.1) is 12.7 Å². The Bertz CT molecular complexity index is 1420. The highest BCUT2D eigenvalue weighted by atomic mass is 35.5. The number of nitrogens with zero attached hydrogens (tertiary/aromatic N) is 5. The number of hydrogen-bond acceptors (Lipinski definition) is 7. The summed E-state index contributed by atoms with van der Waals surface area (Å²) in [6.45, 7) is 3.70. The zero-order valence-electron chi connectivity index (χ0n) is 14.8. The molecule has 12 heteroatoms. The topological polar surface area (TPSA) is 113 Å². The molecular weight excluding hydrogens is 425 g/mol. The van der Waals surface area contributed by atoms with Crippen molar-refractivity contribution in [2.24, 2.45) is 0 Å². The Balaban J connectivity index is 2.09. The molecule has 0 amide bonds. The SMILES string of the molecule is [CH2]Cc1nc2nccc(-c3noc(=O)n3-c3ccc(F)c(Cl)c3)c2n1S(C)(=O)=O. The molecule has 0 aliphatic heterocycles. The number of aromatic nitrogens is 5. The van der Waals surface area contributed by atoms with Gasteiger partial charge in [-0.2, -0.15) is 0 Å². The van der Waals surface area contributed by atoms with Crippen LogP contribution in [0.5, 0.6) is 0 Å². The summed E-state index contributed by atoms with van der Waals surface area (Å²) in [6.07, 6.45) is 2.49. The number of imidazole rings is 1. The van der Waals surface area contributed by atoms with Crippen LogP contribution in [0.3, 0.4) is 0 Å². The van der Waals surface area contributed by atoms with Crippen molar-refractivity contribution in [3.63, 3.8) is 0 Å². The monoisotopic (exact) mass is 436 g/mol. The maximum absolute atomic E-state index is 13.5. The van der Waals surface area contributed by atoms with E-state index in [-0.39, 0.29) is 45.5 Å². The van der Waals surface area contributed by atoms with E-state index in [9.17, 15) is 17.6 Å². The number of pyridine rings is 1. The molecule has 4 rings (SSSR count). The van der Waals surface area contributed by atoms with Crippen molar-refractivity contribution in [2.45, 2.75) is 6.42 Å². The highest BCUT2D eigenvalue weighted by Crippen LogP contribution is 2.30. The van der Waals surface area contributed by atoms with Crippen LogP contribution >= 0.6 is 11.6 Å². The van der Waals surface area contributed by atoms with E-state index in [2.05, 4.69) is 22.0 Å². The van der Waals surface area contributed by atoms with E-state index < -0.39 is 21.6 Å². The molecule has 0 bridgehead atoms. The van der Waals surface area contributed by atoms with Crippen molar-refractivity contribution >= 4 is 32.8 Å². The van der Waals surface area contributed by atoms with E-state index in [1.807, 2.05) is 0 Å². The lowest BCUT2D eigenvalue weighted by Gasteiger charge is -2.09. The summed E-state index contributed by atoms with van der Waals surface area (Å²) in [4.78, 5) is 20.6. The minimum absolute atomic E-state index is 0.0227. The lowest BCUT2D eigenvalue weighted by Crippen LogP contribution is -2.15. The molecule has 0 atom stereocenters. The first-order valence-electron chi connectivity index (χ1n) is 8.13. The summed E-state index contributed by atoms with van der Waals surface area (Å²) in [6, 6.07) is 5.10. The second-order valence-corrected chi connectivity index (χ2v) is 8.28. The third-order valence-electron chi connectivity index (χ3n) is 4.14. The van der Waals surface area contributed by atoms with Gasteiger partial charge < -0.3 is 0 Å². The van der Waals surface area contributed by atoms with Crippen LogP contribution < -0.4 is 5.76 Å². The van der Waals surface area contributed by atoms with Gasteiger partial charge in [0.2, 0.25) is 10.0 Å². The summed E-state index contributed by atoms with van der Waals surface area (Å²) in [7, 11) is -3.78. The molecule has 3 heterocycles. The second kappa shape index (κ2) is 6.78. The smallest absolute Gasteiger partial charge is 0.295 e. The maximum atomic E-state index is 13.5. The second-order valence-electron chi connectivity index (χ2n) is 6.04. The van der Waals surface area contributed by atoms with Gasteiger partial charge in [-0.25, -0.2) is 36.1 Å². The van der Waals surface area contributed by atoms with Gasteiger partial charge in [-0.3, -0.25) is 4.52 Å². The van der Waals surface area contributed by atoms with Gasteiger partial charge in [-0.05, 0) is 31.2 Å². The molecule has 0 N–H and O–H groups in total. The fraction of sp³-hybridized carbons (Fsp3) is 0.118. The van der Waals surface area contributed by atoms with E-state index in [4.69, 9.17) is 16.1 Å². The van der Waals surface area contributed by atoms with Crippen molar-refractivity contribution in [3.8, 4) is 17.1 Å². The van der Waals surface area contributed by atoms with E-state index in [0.29, 0.717) is 0 Å². The van der Waals surface area contributed by atoms with Crippen LogP contribution in [-0.4, -0.2) is 38.3 Å². The molecule has 1 radical (unpaired) electrons. The van der Waals surface area contributed by atoms with Gasteiger partial charge in [0, 0.05) is 12.6 Å².